The van der Waals surface area contributed by atoms with E-state index < -0.39 is 0 Å². The van der Waals surface area contributed by atoms with Gasteiger partial charge in [-0.1, -0.05) is 36.4 Å². The van der Waals surface area contributed by atoms with Gasteiger partial charge < -0.3 is 15.4 Å². The smallest absolute Gasteiger partial charge is 0.191 e. The van der Waals surface area contributed by atoms with Crippen molar-refractivity contribution in [2.75, 3.05) is 20.7 Å². The Hall–Kier alpha value is -2.49. The van der Waals surface area contributed by atoms with Gasteiger partial charge in [-0.3, -0.25) is 4.99 Å². The van der Waals surface area contributed by atoms with Crippen LogP contribution in [0.5, 0.6) is 5.75 Å². The molecule has 0 aliphatic rings. The number of aliphatic imine (C=N–C) groups is 1. The van der Waals surface area contributed by atoms with Crippen molar-refractivity contribution in [1.82, 2.24) is 10.6 Å². The first-order valence-electron chi connectivity index (χ1n) is 7.85. The SMILES string of the molecule is CN=C(NCCc1cccc(OC)c1)NCc1ccccc1C. The molecule has 0 saturated heterocycles. The fourth-order valence-electron chi connectivity index (χ4n) is 2.36. The normalized spacial score (nSPS) is 11.2. The lowest BCUT2D eigenvalue weighted by molar-refractivity contribution is 0.414. The van der Waals surface area contributed by atoms with Gasteiger partial charge in [0, 0.05) is 20.1 Å². The van der Waals surface area contributed by atoms with Crippen LogP contribution in [-0.4, -0.2) is 26.7 Å². The van der Waals surface area contributed by atoms with Gasteiger partial charge in [0.05, 0.1) is 7.11 Å². The minimum absolute atomic E-state index is 0.769. The Morgan fingerprint density at radius 1 is 1.09 bits per heavy atom. The fourth-order valence-corrected chi connectivity index (χ4v) is 2.36. The second-order valence-electron chi connectivity index (χ2n) is 5.38. The topological polar surface area (TPSA) is 45.7 Å². The summed E-state index contributed by atoms with van der Waals surface area (Å²) in [6.07, 6.45) is 0.919. The third-order valence-corrected chi connectivity index (χ3v) is 3.77. The largest absolute Gasteiger partial charge is 0.497 e. The van der Waals surface area contributed by atoms with Crippen LogP contribution in [0.25, 0.3) is 0 Å². The molecule has 0 unspecified atom stereocenters. The number of hydrogen-bond donors (Lipinski definition) is 2. The number of ether oxygens (including phenoxy) is 1. The summed E-state index contributed by atoms with van der Waals surface area (Å²) in [5, 5.41) is 6.69. The number of methoxy groups -OCH3 is 1. The van der Waals surface area contributed by atoms with Crippen LogP contribution < -0.4 is 15.4 Å². The number of nitrogens with one attached hydrogen (secondary N) is 2. The first kappa shape index (κ1) is 16.9. The molecule has 2 rings (SSSR count). The van der Waals surface area contributed by atoms with Crippen molar-refractivity contribution in [3.05, 3.63) is 65.2 Å². The predicted octanol–water partition coefficient (Wildman–Crippen LogP) is 2.91. The highest BCUT2D eigenvalue weighted by Crippen LogP contribution is 2.12. The molecular weight excluding hydrogens is 286 g/mol. The molecule has 122 valence electrons. The van der Waals surface area contributed by atoms with Crippen molar-refractivity contribution in [3.8, 4) is 5.75 Å². The van der Waals surface area contributed by atoms with Crippen LogP contribution in [0, 0.1) is 6.92 Å². The Balaban J connectivity index is 1.80. The Morgan fingerprint density at radius 2 is 1.91 bits per heavy atom. The van der Waals surface area contributed by atoms with E-state index in [0.29, 0.717) is 0 Å². The molecule has 4 nitrogen and oxygen atoms in total. The van der Waals surface area contributed by atoms with Gasteiger partial charge in [0.1, 0.15) is 5.75 Å². The van der Waals surface area contributed by atoms with Crippen LogP contribution >= 0.6 is 0 Å². The molecule has 0 heterocycles. The van der Waals surface area contributed by atoms with E-state index >= 15 is 0 Å². The summed E-state index contributed by atoms with van der Waals surface area (Å²) in [7, 11) is 3.48. The average Bonchev–Trinajstić information content (AvgIpc) is 2.59. The molecule has 0 spiro atoms. The van der Waals surface area contributed by atoms with Crippen LogP contribution in [0.4, 0.5) is 0 Å². The molecule has 0 amide bonds. The minimum Gasteiger partial charge on any atom is -0.497 e. The molecule has 0 fully saturated rings. The fraction of sp³-hybridized carbons (Fsp3) is 0.316. The third-order valence-electron chi connectivity index (χ3n) is 3.77. The second kappa shape index (κ2) is 8.83. The summed E-state index contributed by atoms with van der Waals surface area (Å²) in [6, 6.07) is 16.5. The van der Waals surface area contributed by atoms with Crippen LogP contribution in [0.15, 0.2) is 53.5 Å². The summed E-state index contributed by atoms with van der Waals surface area (Å²) in [5.74, 6) is 1.71. The predicted molar refractivity (Wildman–Crippen MR) is 96.1 cm³/mol. The highest BCUT2D eigenvalue weighted by Gasteiger charge is 2.01. The van der Waals surface area contributed by atoms with Crippen LogP contribution in [0.1, 0.15) is 16.7 Å². The molecule has 2 aromatic carbocycles. The van der Waals surface area contributed by atoms with Gasteiger partial charge in [-0.05, 0) is 42.2 Å². The maximum Gasteiger partial charge on any atom is 0.191 e. The van der Waals surface area contributed by atoms with Crippen molar-refractivity contribution < 1.29 is 4.74 Å². The molecule has 4 heteroatoms. The first-order chi connectivity index (χ1) is 11.2. The summed E-state index contributed by atoms with van der Waals surface area (Å²) in [6.45, 7) is 3.71. The Kier molecular flexibility index (Phi) is 6.48. The number of benzene rings is 2. The van der Waals surface area contributed by atoms with Crippen molar-refractivity contribution in [3.63, 3.8) is 0 Å². The van der Waals surface area contributed by atoms with E-state index in [9.17, 15) is 0 Å². The van der Waals surface area contributed by atoms with Gasteiger partial charge in [0.15, 0.2) is 5.96 Å². The Labute approximate surface area is 138 Å². The van der Waals surface area contributed by atoms with Gasteiger partial charge in [-0.25, -0.2) is 0 Å². The molecule has 0 aliphatic heterocycles. The van der Waals surface area contributed by atoms with E-state index in [1.54, 1.807) is 14.2 Å². The molecule has 23 heavy (non-hydrogen) atoms. The van der Waals surface area contributed by atoms with E-state index in [2.05, 4.69) is 58.9 Å². The molecule has 2 aromatic rings. The summed E-state index contributed by atoms with van der Waals surface area (Å²) in [5.41, 5.74) is 3.81. The summed E-state index contributed by atoms with van der Waals surface area (Å²) < 4.78 is 5.25. The van der Waals surface area contributed by atoms with E-state index in [4.69, 9.17) is 4.74 Å². The molecule has 0 radical (unpaired) electrons. The van der Waals surface area contributed by atoms with Gasteiger partial charge >= 0.3 is 0 Å². The average molecular weight is 311 g/mol. The van der Waals surface area contributed by atoms with Crippen LogP contribution in [0.3, 0.4) is 0 Å². The highest BCUT2D eigenvalue weighted by atomic mass is 16.5. The highest BCUT2D eigenvalue weighted by molar-refractivity contribution is 5.79. The van der Waals surface area contributed by atoms with E-state index in [1.807, 2.05) is 12.1 Å². The van der Waals surface area contributed by atoms with Gasteiger partial charge in [-0.2, -0.15) is 0 Å². The van der Waals surface area contributed by atoms with Crippen molar-refractivity contribution in [2.24, 2.45) is 4.99 Å². The van der Waals surface area contributed by atoms with Gasteiger partial charge in [0.25, 0.3) is 0 Å². The number of nitrogens with zero attached hydrogens (tertiary/aromatic N) is 1. The summed E-state index contributed by atoms with van der Waals surface area (Å²) in [4.78, 5) is 4.27. The molecule has 0 aliphatic carbocycles. The number of guanidine groups is 1. The lowest BCUT2D eigenvalue weighted by Gasteiger charge is -2.13. The number of aryl methyl sites for hydroxylation is 1. The standard InChI is InChI=1S/C19H25N3O/c1-15-7-4-5-9-17(15)14-22-19(20-2)21-12-11-16-8-6-10-18(13-16)23-3/h4-10,13H,11-12,14H2,1-3H3,(H2,20,21,22). The van der Waals surface area contributed by atoms with Crippen molar-refractivity contribution >= 4 is 5.96 Å². The maximum absolute atomic E-state index is 5.25. The lowest BCUT2D eigenvalue weighted by Crippen LogP contribution is -2.38. The second-order valence-corrected chi connectivity index (χ2v) is 5.38. The Morgan fingerprint density at radius 3 is 2.65 bits per heavy atom. The zero-order chi connectivity index (χ0) is 16.5. The minimum atomic E-state index is 0.769. The lowest BCUT2D eigenvalue weighted by atomic mass is 10.1. The van der Waals surface area contributed by atoms with E-state index in [1.165, 1.54) is 16.7 Å². The maximum atomic E-state index is 5.25. The molecule has 0 bridgehead atoms. The molecule has 0 saturated carbocycles. The van der Waals surface area contributed by atoms with Crippen molar-refractivity contribution in [1.29, 1.82) is 0 Å². The van der Waals surface area contributed by atoms with Gasteiger partial charge in [0.2, 0.25) is 0 Å². The molecule has 2 N–H and O–H groups in total. The monoisotopic (exact) mass is 311 g/mol. The van der Waals surface area contributed by atoms with Crippen molar-refractivity contribution in [2.45, 2.75) is 19.9 Å². The third kappa shape index (κ3) is 5.33. The zero-order valence-electron chi connectivity index (χ0n) is 14.1. The number of rotatable bonds is 6. The molecule has 0 aromatic heterocycles. The quantitative estimate of drug-likeness (QED) is 0.637. The Bertz CT molecular complexity index is 653. The van der Waals surface area contributed by atoms with Gasteiger partial charge in [-0.15, -0.1) is 0 Å². The van der Waals surface area contributed by atoms with E-state index in [0.717, 1.165) is 31.2 Å². The molecule has 0 atom stereocenters. The first-order valence-corrected chi connectivity index (χ1v) is 7.85. The van der Waals surface area contributed by atoms with Crippen LogP contribution in [0.2, 0.25) is 0 Å². The van der Waals surface area contributed by atoms with E-state index in [-0.39, 0.29) is 0 Å². The number of hydrogen-bond acceptors (Lipinski definition) is 2. The van der Waals surface area contributed by atoms with Crippen LogP contribution in [-0.2, 0) is 13.0 Å². The molecular formula is C19H25N3O. The summed E-state index contributed by atoms with van der Waals surface area (Å²) >= 11 is 0. The zero-order valence-corrected chi connectivity index (χ0v) is 14.1.